The van der Waals surface area contributed by atoms with E-state index in [4.69, 9.17) is 9.47 Å². The largest absolute Gasteiger partial charge is 0.489 e. The van der Waals surface area contributed by atoms with E-state index in [1.54, 1.807) is 6.07 Å². The van der Waals surface area contributed by atoms with Crippen molar-refractivity contribution in [3.63, 3.8) is 0 Å². The number of Topliss-reactive ketones (excluding diaryl/α,β-unsaturated/α-hetero) is 1. The third-order valence-corrected chi connectivity index (χ3v) is 4.96. The van der Waals surface area contributed by atoms with Crippen molar-refractivity contribution in [3.8, 4) is 11.5 Å². The number of hydrogen-bond acceptors (Lipinski definition) is 3. The van der Waals surface area contributed by atoms with Gasteiger partial charge in [-0.25, -0.2) is 0 Å². The van der Waals surface area contributed by atoms with Crippen LogP contribution < -0.4 is 9.47 Å². The maximum atomic E-state index is 12.9. The minimum atomic E-state index is -0.0992. The van der Waals surface area contributed by atoms with E-state index in [0.717, 1.165) is 34.1 Å². The number of aryl methyl sites for hydroxylation is 1. The zero-order valence-corrected chi connectivity index (χ0v) is 16.4. The van der Waals surface area contributed by atoms with E-state index < -0.39 is 0 Å². The second-order valence-electron chi connectivity index (χ2n) is 7.14. The van der Waals surface area contributed by atoms with Crippen LogP contribution in [0.5, 0.6) is 11.5 Å². The predicted octanol–water partition coefficient (Wildman–Crippen LogP) is 5.54. The van der Waals surface area contributed by atoms with Gasteiger partial charge in [0.15, 0.2) is 5.76 Å². The van der Waals surface area contributed by atoms with Gasteiger partial charge in [-0.05, 0) is 50.6 Å². The van der Waals surface area contributed by atoms with Crippen molar-refractivity contribution < 1.29 is 14.3 Å². The molecular formula is C24H23NO3. The lowest BCUT2D eigenvalue weighted by molar-refractivity contribution is 0.101. The first-order chi connectivity index (χ1) is 13.5. The van der Waals surface area contributed by atoms with Gasteiger partial charge in [0, 0.05) is 34.8 Å². The minimum absolute atomic E-state index is 0.0992. The quantitative estimate of drug-likeness (QED) is 0.435. The fourth-order valence-corrected chi connectivity index (χ4v) is 3.52. The van der Waals surface area contributed by atoms with Gasteiger partial charge in [0.25, 0.3) is 0 Å². The number of ether oxygens (including phenoxy) is 2. The second kappa shape index (κ2) is 7.04. The molecule has 0 spiro atoms. The first-order valence-electron chi connectivity index (χ1n) is 9.42. The number of allylic oxidation sites excluding steroid dienone is 1. The molecule has 2 heterocycles. The molecule has 0 radical (unpaired) electrons. The SMILES string of the molecule is C=C(C)COc1ccc2c(c1C)OC(=Cc1cn(CC)c3ccccc13)C2=O. The Morgan fingerprint density at radius 3 is 2.79 bits per heavy atom. The molecule has 0 saturated heterocycles. The standard InChI is InChI=1S/C24H23NO3/c1-5-25-13-17(18-8-6-7-9-20(18)25)12-22-23(26)19-10-11-21(27-14-15(2)3)16(4)24(19)28-22/h6-13H,2,5,14H2,1,3-4H3. The van der Waals surface area contributed by atoms with Crippen LogP contribution in [0.1, 0.15) is 35.3 Å². The molecule has 2 aromatic carbocycles. The number of hydrogen-bond donors (Lipinski definition) is 0. The normalized spacial score (nSPS) is 14.4. The summed E-state index contributed by atoms with van der Waals surface area (Å²) < 4.78 is 13.9. The van der Waals surface area contributed by atoms with Gasteiger partial charge in [0.2, 0.25) is 5.78 Å². The van der Waals surface area contributed by atoms with E-state index in [0.29, 0.717) is 29.4 Å². The van der Waals surface area contributed by atoms with Gasteiger partial charge in [-0.3, -0.25) is 4.79 Å². The summed E-state index contributed by atoms with van der Waals surface area (Å²) in [5, 5.41) is 1.10. The Kier molecular flexibility index (Phi) is 4.55. The molecule has 1 aliphatic rings. The van der Waals surface area contributed by atoms with Gasteiger partial charge >= 0.3 is 0 Å². The summed E-state index contributed by atoms with van der Waals surface area (Å²) in [4.78, 5) is 12.9. The Balaban J connectivity index is 1.72. The zero-order valence-electron chi connectivity index (χ0n) is 16.4. The molecular weight excluding hydrogens is 350 g/mol. The van der Waals surface area contributed by atoms with Crippen LogP contribution in [0.2, 0.25) is 0 Å². The van der Waals surface area contributed by atoms with Gasteiger partial charge in [-0.1, -0.05) is 24.8 Å². The Morgan fingerprint density at radius 1 is 1.25 bits per heavy atom. The van der Waals surface area contributed by atoms with Gasteiger partial charge in [0.1, 0.15) is 18.1 Å². The van der Waals surface area contributed by atoms with Crippen LogP contribution in [0, 0.1) is 6.92 Å². The molecule has 1 aliphatic heterocycles. The summed E-state index contributed by atoms with van der Waals surface area (Å²) in [5.74, 6) is 1.53. The van der Waals surface area contributed by atoms with Crippen molar-refractivity contribution in [1.29, 1.82) is 0 Å². The Bertz CT molecular complexity index is 1130. The van der Waals surface area contributed by atoms with Gasteiger partial charge in [-0.2, -0.15) is 0 Å². The predicted molar refractivity (Wildman–Crippen MR) is 112 cm³/mol. The number of para-hydroxylation sites is 1. The summed E-state index contributed by atoms with van der Waals surface area (Å²) in [5.41, 5.74) is 4.46. The number of fused-ring (bicyclic) bond motifs is 2. The van der Waals surface area contributed by atoms with Crippen molar-refractivity contribution >= 4 is 22.8 Å². The molecule has 4 heteroatoms. The highest BCUT2D eigenvalue weighted by Crippen LogP contribution is 2.39. The molecule has 142 valence electrons. The lowest BCUT2D eigenvalue weighted by Gasteiger charge is -2.11. The third kappa shape index (κ3) is 3.01. The number of benzene rings is 2. The van der Waals surface area contributed by atoms with Crippen LogP contribution in [0.4, 0.5) is 0 Å². The highest BCUT2D eigenvalue weighted by atomic mass is 16.5. The monoisotopic (exact) mass is 373 g/mol. The molecule has 4 nitrogen and oxygen atoms in total. The average Bonchev–Trinajstić information content (AvgIpc) is 3.20. The lowest BCUT2D eigenvalue weighted by Crippen LogP contribution is -2.00. The van der Waals surface area contributed by atoms with Gasteiger partial charge in [-0.15, -0.1) is 0 Å². The zero-order chi connectivity index (χ0) is 19.8. The number of aromatic nitrogens is 1. The number of carbonyl (C=O) groups is 1. The van der Waals surface area contributed by atoms with Crippen molar-refractivity contribution in [1.82, 2.24) is 4.57 Å². The first-order valence-corrected chi connectivity index (χ1v) is 9.42. The smallest absolute Gasteiger partial charge is 0.231 e. The molecule has 0 atom stereocenters. The van der Waals surface area contributed by atoms with Crippen molar-refractivity contribution in [2.75, 3.05) is 6.61 Å². The minimum Gasteiger partial charge on any atom is -0.489 e. The summed E-state index contributed by atoms with van der Waals surface area (Å²) in [6.45, 7) is 11.1. The van der Waals surface area contributed by atoms with E-state index in [9.17, 15) is 4.79 Å². The van der Waals surface area contributed by atoms with E-state index in [2.05, 4.69) is 36.4 Å². The van der Waals surface area contributed by atoms with E-state index in [1.165, 1.54) is 0 Å². The van der Waals surface area contributed by atoms with E-state index >= 15 is 0 Å². The molecule has 3 aromatic rings. The molecule has 28 heavy (non-hydrogen) atoms. The van der Waals surface area contributed by atoms with Gasteiger partial charge < -0.3 is 14.0 Å². The number of rotatable bonds is 5. The van der Waals surface area contributed by atoms with Crippen molar-refractivity contribution in [2.45, 2.75) is 27.3 Å². The summed E-state index contributed by atoms with van der Waals surface area (Å²) in [7, 11) is 0. The van der Waals surface area contributed by atoms with E-state index in [-0.39, 0.29) is 5.78 Å². The van der Waals surface area contributed by atoms with Crippen LogP contribution in [0.3, 0.4) is 0 Å². The van der Waals surface area contributed by atoms with Crippen LogP contribution in [-0.4, -0.2) is 17.0 Å². The topological polar surface area (TPSA) is 40.5 Å². The van der Waals surface area contributed by atoms with Crippen LogP contribution in [0.25, 0.3) is 17.0 Å². The Labute approximate surface area is 164 Å². The number of nitrogens with zero attached hydrogens (tertiary/aromatic N) is 1. The molecule has 0 fully saturated rings. The Morgan fingerprint density at radius 2 is 2.04 bits per heavy atom. The molecule has 0 unspecified atom stereocenters. The molecule has 0 amide bonds. The molecule has 0 saturated carbocycles. The highest BCUT2D eigenvalue weighted by Gasteiger charge is 2.30. The van der Waals surface area contributed by atoms with E-state index in [1.807, 2.05) is 38.1 Å². The second-order valence-corrected chi connectivity index (χ2v) is 7.14. The van der Waals surface area contributed by atoms with Crippen LogP contribution >= 0.6 is 0 Å². The van der Waals surface area contributed by atoms with Crippen LogP contribution in [0.15, 0.2) is 60.5 Å². The highest BCUT2D eigenvalue weighted by molar-refractivity contribution is 6.15. The molecule has 0 N–H and O–H groups in total. The molecule has 0 bridgehead atoms. The maximum Gasteiger partial charge on any atom is 0.231 e. The average molecular weight is 373 g/mol. The third-order valence-electron chi connectivity index (χ3n) is 4.96. The molecule has 4 rings (SSSR count). The fourth-order valence-electron chi connectivity index (χ4n) is 3.52. The summed E-state index contributed by atoms with van der Waals surface area (Å²) in [6.07, 6.45) is 3.90. The first kappa shape index (κ1) is 18.1. The fraction of sp³-hybridized carbons (Fsp3) is 0.208. The van der Waals surface area contributed by atoms with Crippen molar-refractivity contribution in [2.24, 2.45) is 0 Å². The number of carbonyl (C=O) groups excluding carboxylic acids is 1. The Hall–Kier alpha value is -3.27. The molecule has 1 aromatic heterocycles. The lowest BCUT2D eigenvalue weighted by atomic mass is 10.1. The summed E-state index contributed by atoms with van der Waals surface area (Å²) in [6, 6.07) is 11.8. The maximum absolute atomic E-state index is 12.9. The molecule has 0 aliphatic carbocycles. The van der Waals surface area contributed by atoms with Crippen LogP contribution in [-0.2, 0) is 6.54 Å². The van der Waals surface area contributed by atoms with Gasteiger partial charge in [0.05, 0.1) is 5.56 Å². The number of ketones is 1. The summed E-state index contributed by atoms with van der Waals surface area (Å²) >= 11 is 0. The van der Waals surface area contributed by atoms with Crippen molar-refractivity contribution in [3.05, 3.63) is 77.2 Å².